The van der Waals surface area contributed by atoms with Gasteiger partial charge in [-0.05, 0) is 62.2 Å². The summed E-state index contributed by atoms with van der Waals surface area (Å²) in [5.74, 6) is -0.253. The van der Waals surface area contributed by atoms with Gasteiger partial charge in [0.15, 0.2) is 16.6 Å². The molecule has 3 rings (SSSR count). The standard InChI is InChI=1S/C29H48N2O7SSi2/c1-20-13-15-22(16-14-20)39(33,34)37-26-21(2)18-31(27(32)30-26)25-17-23(38-41(11,12)29(6,7)8)24(36-25)19-35-40(9,10)28(3,4)5/h13-16,18,23-25H,17,19H2,1-12H3/t23-,24+,25+/m0/s1. The van der Waals surface area contributed by atoms with Crippen LogP contribution >= 0.6 is 0 Å². The van der Waals surface area contributed by atoms with Gasteiger partial charge in [-0.25, -0.2) is 4.79 Å². The molecule has 0 unspecified atom stereocenters. The van der Waals surface area contributed by atoms with Gasteiger partial charge in [-0.1, -0.05) is 59.2 Å². The van der Waals surface area contributed by atoms with Gasteiger partial charge in [-0.15, -0.1) is 0 Å². The Bertz CT molecular complexity index is 1390. The lowest BCUT2D eigenvalue weighted by molar-refractivity contribution is -0.0413. The van der Waals surface area contributed by atoms with Crippen molar-refractivity contribution >= 4 is 26.8 Å². The lowest BCUT2D eigenvalue weighted by atomic mass is 10.2. The van der Waals surface area contributed by atoms with Crippen LogP contribution < -0.4 is 9.87 Å². The molecular weight excluding hydrogens is 577 g/mol. The Hall–Kier alpha value is -1.84. The minimum Gasteiger partial charge on any atom is -0.414 e. The van der Waals surface area contributed by atoms with Crippen LogP contribution in [0.25, 0.3) is 0 Å². The van der Waals surface area contributed by atoms with Gasteiger partial charge < -0.3 is 17.8 Å². The quantitative estimate of drug-likeness (QED) is 0.236. The third-order valence-corrected chi connectivity index (χ3v) is 19.0. The fourth-order valence-corrected chi connectivity index (χ4v) is 7.22. The van der Waals surface area contributed by atoms with Gasteiger partial charge in [0.25, 0.3) is 0 Å². The van der Waals surface area contributed by atoms with Crippen molar-refractivity contribution in [2.75, 3.05) is 6.61 Å². The molecule has 1 aliphatic rings. The molecular formula is C29H48N2O7SSi2. The molecule has 0 N–H and O–H groups in total. The maximum atomic E-state index is 13.2. The van der Waals surface area contributed by atoms with E-state index in [2.05, 4.69) is 72.7 Å². The molecule has 230 valence electrons. The van der Waals surface area contributed by atoms with E-state index < -0.39 is 38.7 Å². The molecule has 3 atom stereocenters. The van der Waals surface area contributed by atoms with E-state index in [9.17, 15) is 13.2 Å². The second-order valence-corrected chi connectivity index (χ2v) is 25.2. The summed E-state index contributed by atoms with van der Waals surface area (Å²) in [6.45, 7) is 25.8. The summed E-state index contributed by atoms with van der Waals surface area (Å²) in [5.41, 5.74) is 0.653. The monoisotopic (exact) mass is 624 g/mol. The zero-order valence-corrected chi connectivity index (χ0v) is 29.5. The Kier molecular flexibility index (Phi) is 9.59. The van der Waals surface area contributed by atoms with Crippen LogP contribution in [0.5, 0.6) is 5.88 Å². The molecule has 0 bridgehead atoms. The summed E-state index contributed by atoms with van der Waals surface area (Å²) in [5, 5.41) is 0.0281. The average Bonchev–Trinajstić information content (AvgIpc) is 3.20. The number of aromatic nitrogens is 2. The van der Waals surface area contributed by atoms with Gasteiger partial charge in [0.1, 0.15) is 17.2 Å². The molecule has 0 radical (unpaired) electrons. The van der Waals surface area contributed by atoms with Crippen LogP contribution in [0, 0.1) is 13.8 Å². The maximum absolute atomic E-state index is 13.2. The highest BCUT2D eigenvalue weighted by Crippen LogP contribution is 2.42. The van der Waals surface area contributed by atoms with Gasteiger partial charge in [-0.2, -0.15) is 13.4 Å². The molecule has 12 heteroatoms. The summed E-state index contributed by atoms with van der Waals surface area (Å²) < 4.78 is 52.1. The van der Waals surface area contributed by atoms with Crippen LogP contribution in [0.1, 0.15) is 65.3 Å². The van der Waals surface area contributed by atoms with Crippen LogP contribution in [0.15, 0.2) is 40.2 Å². The molecule has 0 aliphatic carbocycles. The first-order valence-electron chi connectivity index (χ1n) is 14.1. The van der Waals surface area contributed by atoms with Gasteiger partial charge in [-0.3, -0.25) is 4.57 Å². The molecule has 2 heterocycles. The second kappa shape index (κ2) is 11.7. The Labute approximate surface area is 248 Å². The number of hydrogen-bond acceptors (Lipinski definition) is 8. The van der Waals surface area contributed by atoms with Crippen molar-refractivity contribution in [2.45, 2.75) is 121 Å². The number of nitrogens with zero attached hydrogens (tertiary/aromatic N) is 2. The van der Waals surface area contributed by atoms with Gasteiger partial charge in [0.2, 0.25) is 5.88 Å². The Morgan fingerprint density at radius 3 is 2.07 bits per heavy atom. The zero-order valence-electron chi connectivity index (χ0n) is 26.7. The van der Waals surface area contributed by atoms with Gasteiger partial charge >= 0.3 is 15.8 Å². The lowest BCUT2D eigenvalue weighted by Crippen LogP contribution is -2.48. The summed E-state index contributed by atoms with van der Waals surface area (Å²) in [4.78, 5) is 17.2. The van der Waals surface area contributed by atoms with Crippen molar-refractivity contribution in [1.82, 2.24) is 9.55 Å². The highest BCUT2D eigenvalue weighted by atomic mass is 32.2. The molecule has 0 spiro atoms. The van der Waals surface area contributed by atoms with Crippen molar-refractivity contribution < 1.29 is 26.2 Å². The fraction of sp³-hybridized carbons (Fsp3) is 0.655. The van der Waals surface area contributed by atoms with E-state index in [1.807, 2.05) is 6.92 Å². The number of hydrogen-bond donors (Lipinski definition) is 0. The van der Waals surface area contributed by atoms with Crippen molar-refractivity contribution in [3.05, 3.63) is 52.1 Å². The van der Waals surface area contributed by atoms with Crippen molar-refractivity contribution in [1.29, 1.82) is 0 Å². The predicted octanol–water partition coefficient (Wildman–Crippen LogP) is 6.33. The molecule has 1 aromatic heterocycles. The summed E-state index contributed by atoms with van der Waals surface area (Å²) in [6.07, 6.45) is 0.713. The van der Waals surface area contributed by atoms with E-state index in [4.69, 9.17) is 17.8 Å². The van der Waals surface area contributed by atoms with Crippen LogP contribution in [0.3, 0.4) is 0 Å². The Morgan fingerprint density at radius 2 is 1.54 bits per heavy atom. The Balaban J connectivity index is 1.89. The molecule has 1 aromatic carbocycles. The summed E-state index contributed by atoms with van der Waals surface area (Å²) in [7, 11) is -8.38. The number of aryl methyl sites for hydroxylation is 2. The van der Waals surface area contributed by atoms with Crippen LogP contribution in [0.2, 0.25) is 36.3 Å². The number of rotatable bonds is 9. The van der Waals surface area contributed by atoms with Crippen molar-refractivity contribution in [3.63, 3.8) is 0 Å². The Morgan fingerprint density at radius 1 is 0.976 bits per heavy atom. The van der Waals surface area contributed by atoms with Crippen LogP contribution in [-0.2, 0) is 23.7 Å². The van der Waals surface area contributed by atoms with E-state index in [1.54, 1.807) is 25.3 Å². The normalized spacial score (nSPS) is 20.8. The fourth-order valence-electron chi connectivity index (χ4n) is 3.91. The minimum absolute atomic E-state index is 0.00711. The third-order valence-electron chi connectivity index (χ3n) is 8.74. The van der Waals surface area contributed by atoms with E-state index in [1.165, 1.54) is 16.7 Å². The number of ether oxygens (including phenoxy) is 1. The van der Waals surface area contributed by atoms with Crippen LogP contribution in [0.4, 0.5) is 0 Å². The molecule has 0 saturated carbocycles. The first-order valence-corrected chi connectivity index (χ1v) is 21.3. The minimum atomic E-state index is -4.16. The molecule has 41 heavy (non-hydrogen) atoms. The molecule has 0 amide bonds. The second-order valence-electron chi connectivity index (χ2n) is 14.1. The highest BCUT2D eigenvalue weighted by Gasteiger charge is 2.47. The molecule has 1 saturated heterocycles. The van der Waals surface area contributed by atoms with E-state index in [0.29, 0.717) is 18.6 Å². The third kappa shape index (κ3) is 7.77. The van der Waals surface area contributed by atoms with E-state index in [-0.39, 0.29) is 33.1 Å². The van der Waals surface area contributed by atoms with Crippen molar-refractivity contribution in [2.24, 2.45) is 0 Å². The SMILES string of the molecule is Cc1ccc(S(=O)(=O)Oc2nc(=O)n([C@H]3C[C@H](O[Si](C)(C)C(C)(C)C)[C@@H](CO[Si](C)(C)C(C)(C)C)O3)cc2C)cc1. The van der Waals surface area contributed by atoms with Gasteiger partial charge in [0.05, 0.1) is 12.7 Å². The first-order chi connectivity index (χ1) is 18.5. The molecule has 2 aromatic rings. The van der Waals surface area contributed by atoms with E-state index >= 15 is 0 Å². The number of benzene rings is 1. The molecule has 9 nitrogen and oxygen atoms in total. The highest BCUT2D eigenvalue weighted by molar-refractivity contribution is 7.87. The lowest BCUT2D eigenvalue weighted by Gasteiger charge is -2.40. The summed E-state index contributed by atoms with van der Waals surface area (Å²) in [6, 6.07) is 6.28. The first kappa shape index (κ1) is 33.7. The topological polar surface area (TPSA) is 106 Å². The zero-order chi connectivity index (χ0) is 31.2. The summed E-state index contributed by atoms with van der Waals surface area (Å²) >= 11 is 0. The van der Waals surface area contributed by atoms with E-state index in [0.717, 1.165) is 5.56 Å². The smallest absolute Gasteiger partial charge is 0.353 e. The molecule has 1 fully saturated rings. The van der Waals surface area contributed by atoms with Gasteiger partial charge in [0, 0.05) is 18.2 Å². The molecule has 1 aliphatic heterocycles. The predicted molar refractivity (Wildman–Crippen MR) is 166 cm³/mol. The van der Waals surface area contributed by atoms with Crippen LogP contribution in [-0.4, -0.2) is 53.4 Å². The average molecular weight is 625 g/mol. The largest absolute Gasteiger partial charge is 0.414 e. The van der Waals surface area contributed by atoms with Crippen molar-refractivity contribution in [3.8, 4) is 5.88 Å². The maximum Gasteiger partial charge on any atom is 0.353 e.